The van der Waals surface area contributed by atoms with Crippen molar-refractivity contribution >= 4 is 31.9 Å². The minimum Gasteiger partial charge on any atom is -0.314 e. The summed E-state index contributed by atoms with van der Waals surface area (Å²) < 4.78 is 3.70. The maximum Gasteiger partial charge on any atom is 0.143 e. The molecule has 0 radical (unpaired) electrons. The van der Waals surface area contributed by atoms with Crippen LogP contribution < -0.4 is 4.90 Å². The van der Waals surface area contributed by atoms with Gasteiger partial charge < -0.3 is 9.47 Å². The maximum atomic E-state index is 4.72. The molecule has 2 aromatic carbocycles. The van der Waals surface area contributed by atoms with Crippen LogP contribution in [0.15, 0.2) is 78.3 Å². The summed E-state index contributed by atoms with van der Waals surface area (Å²) in [7, 11) is 0. The van der Waals surface area contributed by atoms with E-state index in [4.69, 9.17) is 4.98 Å². The zero-order valence-electron chi connectivity index (χ0n) is 15.5. The van der Waals surface area contributed by atoms with Crippen LogP contribution >= 0.6 is 22.6 Å². The molecule has 0 saturated carbocycles. The second-order valence-corrected chi connectivity index (χ2v) is 8.72. The summed E-state index contributed by atoms with van der Waals surface area (Å²) in [4.78, 5) is 7.28. The van der Waals surface area contributed by atoms with Crippen molar-refractivity contribution in [3.63, 3.8) is 0 Å². The zero-order valence-corrected chi connectivity index (χ0v) is 17.6. The van der Waals surface area contributed by atoms with E-state index in [1.165, 1.54) is 56.5 Å². The fourth-order valence-electron chi connectivity index (χ4n) is 4.88. The second kappa shape index (κ2) is 6.34. The molecular weight excluding hydrogens is 457 g/mol. The van der Waals surface area contributed by atoms with Gasteiger partial charge in [-0.2, -0.15) is 0 Å². The van der Waals surface area contributed by atoms with E-state index >= 15 is 0 Å². The monoisotopic (exact) mass is 477 g/mol. The van der Waals surface area contributed by atoms with Crippen molar-refractivity contribution in [2.45, 2.75) is 31.8 Å². The molecular formula is C24H20IN3. The summed E-state index contributed by atoms with van der Waals surface area (Å²) in [6.07, 6.45) is 11.6. The molecule has 1 atom stereocenters. The van der Waals surface area contributed by atoms with Crippen molar-refractivity contribution in [1.29, 1.82) is 0 Å². The van der Waals surface area contributed by atoms with E-state index in [0.717, 1.165) is 12.2 Å². The van der Waals surface area contributed by atoms with Gasteiger partial charge in [0.05, 0.1) is 11.4 Å². The smallest absolute Gasteiger partial charge is 0.143 e. The number of allylic oxidation sites excluding steroid dienone is 2. The van der Waals surface area contributed by atoms with Crippen LogP contribution in [0.3, 0.4) is 0 Å². The molecule has 6 rings (SSSR count). The Labute approximate surface area is 178 Å². The first-order chi connectivity index (χ1) is 13.8. The number of nitrogens with zero attached hydrogens (tertiary/aromatic N) is 3. The van der Waals surface area contributed by atoms with E-state index in [1.54, 1.807) is 0 Å². The second-order valence-electron chi connectivity index (χ2n) is 7.64. The van der Waals surface area contributed by atoms with Crippen molar-refractivity contribution in [1.82, 2.24) is 9.55 Å². The normalized spacial score (nSPS) is 20.1. The molecule has 0 N–H and O–H groups in total. The Morgan fingerprint density at radius 2 is 1.79 bits per heavy atom. The Kier molecular flexibility index (Phi) is 3.76. The highest BCUT2D eigenvalue weighted by molar-refractivity contribution is 14.1. The van der Waals surface area contributed by atoms with E-state index in [-0.39, 0.29) is 6.17 Å². The Bertz CT molecular complexity index is 1150. The van der Waals surface area contributed by atoms with E-state index in [0.29, 0.717) is 0 Å². The fraction of sp³-hybridized carbons (Fsp3) is 0.208. The van der Waals surface area contributed by atoms with Gasteiger partial charge in [0.15, 0.2) is 0 Å². The van der Waals surface area contributed by atoms with Gasteiger partial charge in [0.2, 0.25) is 0 Å². The summed E-state index contributed by atoms with van der Waals surface area (Å²) in [5.74, 6) is 1.06. The minimum absolute atomic E-state index is 0.111. The van der Waals surface area contributed by atoms with E-state index in [2.05, 4.69) is 92.9 Å². The van der Waals surface area contributed by atoms with Gasteiger partial charge in [0, 0.05) is 27.1 Å². The standard InChI is InChI=1S/C24H20IN3/c25-21-17-10-4-5-11-18(17)24-27-15-14-26-23(27)19-12-6-7-13-20(19)28(24)22(21)16-8-2-1-3-9-16/h4-8,10-15,24H,1-3,9H2/t24-/m1/s1. The van der Waals surface area contributed by atoms with E-state index in [9.17, 15) is 0 Å². The lowest BCUT2D eigenvalue weighted by molar-refractivity contribution is 0.560. The molecule has 2 aliphatic heterocycles. The number of imidazole rings is 1. The maximum absolute atomic E-state index is 4.72. The predicted octanol–water partition coefficient (Wildman–Crippen LogP) is 6.53. The van der Waals surface area contributed by atoms with Crippen LogP contribution in [0.4, 0.5) is 5.69 Å². The molecule has 0 fully saturated rings. The Hall–Kier alpha value is -2.34. The van der Waals surface area contributed by atoms with Gasteiger partial charge >= 0.3 is 0 Å². The first-order valence-corrected chi connectivity index (χ1v) is 11.0. The van der Waals surface area contributed by atoms with Crippen LogP contribution in [-0.4, -0.2) is 9.55 Å². The average molecular weight is 477 g/mol. The summed E-state index contributed by atoms with van der Waals surface area (Å²) in [6.45, 7) is 0. The van der Waals surface area contributed by atoms with Gasteiger partial charge in [-0.3, -0.25) is 0 Å². The third-order valence-corrected chi connectivity index (χ3v) is 7.19. The van der Waals surface area contributed by atoms with Gasteiger partial charge in [-0.1, -0.05) is 42.5 Å². The first-order valence-electron chi connectivity index (χ1n) is 9.94. The van der Waals surface area contributed by atoms with Crippen molar-refractivity contribution < 1.29 is 0 Å². The third kappa shape index (κ3) is 2.24. The molecule has 4 heteroatoms. The molecule has 0 spiro atoms. The van der Waals surface area contributed by atoms with Crippen LogP contribution in [0.1, 0.15) is 43.0 Å². The zero-order chi connectivity index (χ0) is 18.7. The summed E-state index contributed by atoms with van der Waals surface area (Å²) in [5, 5.41) is 0. The summed E-state index contributed by atoms with van der Waals surface area (Å²) >= 11 is 2.57. The van der Waals surface area contributed by atoms with Crippen LogP contribution in [-0.2, 0) is 0 Å². The fourth-order valence-corrected chi connectivity index (χ4v) is 5.98. The van der Waals surface area contributed by atoms with Crippen LogP contribution in [0.5, 0.6) is 0 Å². The van der Waals surface area contributed by atoms with Gasteiger partial charge in [0.25, 0.3) is 0 Å². The van der Waals surface area contributed by atoms with Gasteiger partial charge in [-0.05, 0) is 71.5 Å². The van der Waals surface area contributed by atoms with Crippen LogP contribution in [0.2, 0.25) is 0 Å². The largest absolute Gasteiger partial charge is 0.314 e. The quantitative estimate of drug-likeness (QED) is 0.372. The Balaban J connectivity index is 1.70. The van der Waals surface area contributed by atoms with Gasteiger partial charge in [-0.15, -0.1) is 0 Å². The molecule has 0 unspecified atom stereocenters. The molecule has 1 aliphatic carbocycles. The molecule has 0 amide bonds. The first kappa shape index (κ1) is 16.6. The highest BCUT2D eigenvalue weighted by Gasteiger charge is 2.40. The number of halogens is 1. The predicted molar refractivity (Wildman–Crippen MR) is 122 cm³/mol. The number of rotatable bonds is 1. The molecule has 138 valence electrons. The molecule has 3 heterocycles. The lowest BCUT2D eigenvalue weighted by atomic mass is 9.88. The Morgan fingerprint density at radius 1 is 0.964 bits per heavy atom. The minimum atomic E-state index is 0.111. The van der Waals surface area contributed by atoms with E-state index < -0.39 is 0 Å². The molecule has 28 heavy (non-hydrogen) atoms. The number of fused-ring (bicyclic) bond motifs is 8. The highest BCUT2D eigenvalue weighted by atomic mass is 127. The molecule has 0 saturated heterocycles. The highest BCUT2D eigenvalue weighted by Crippen LogP contribution is 2.53. The van der Waals surface area contributed by atoms with Crippen molar-refractivity contribution in [2.24, 2.45) is 0 Å². The van der Waals surface area contributed by atoms with Crippen molar-refractivity contribution in [3.05, 3.63) is 89.4 Å². The lowest BCUT2D eigenvalue weighted by Crippen LogP contribution is -2.40. The number of anilines is 1. The Morgan fingerprint density at radius 3 is 2.64 bits per heavy atom. The summed E-state index contributed by atoms with van der Waals surface area (Å²) in [6, 6.07) is 17.6. The molecule has 1 aromatic heterocycles. The lowest BCUT2D eigenvalue weighted by Gasteiger charge is -2.46. The van der Waals surface area contributed by atoms with Crippen molar-refractivity contribution in [3.8, 4) is 11.4 Å². The molecule has 3 aromatic rings. The van der Waals surface area contributed by atoms with Crippen molar-refractivity contribution in [2.75, 3.05) is 4.90 Å². The number of hydrogen-bond donors (Lipinski definition) is 0. The molecule has 0 bridgehead atoms. The van der Waals surface area contributed by atoms with Crippen LogP contribution in [0.25, 0.3) is 15.0 Å². The topological polar surface area (TPSA) is 21.1 Å². The number of hydrogen-bond acceptors (Lipinski definition) is 2. The number of para-hydroxylation sites is 1. The average Bonchev–Trinajstić information content (AvgIpc) is 3.25. The van der Waals surface area contributed by atoms with Gasteiger partial charge in [-0.25, -0.2) is 4.98 Å². The summed E-state index contributed by atoms with van der Waals surface area (Å²) in [5.41, 5.74) is 8.05. The molecule has 3 nitrogen and oxygen atoms in total. The third-order valence-electron chi connectivity index (χ3n) is 6.10. The number of aromatic nitrogens is 2. The van der Waals surface area contributed by atoms with E-state index in [1.807, 2.05) is 6.20 Å². The number of benzene rings is 2. The molecule has 3 aliphatic rings. The van der Waals surface area contributed by atoms with Gasteiger partial charge in [0.1, 0.15) is 12.0 Å². The SMILES string of the molecule is IC1=C(C2=CCCCC2)N2c3ccccc3-c3nccn3[C@H]2c2ccccc21. The van der Waals surface area contributed by atoms with Crippen LogP contribution in [0, 0.1) is 0 Å².